The van der Waals surface area contributed by atoms with Gasteiger partial charge in [0.15, 0.2) is 5.69 Å². The van der Waals surface area contributed by atoms with Crippen LogP contribution in [-0.2, 0) is 21.1 Å². The Balaban J connectivity index is 0. The van der Waals surface area contributed by atoms with Crippen molar-refractivity contribution in [3.8, 4) is 0 Å². The molecule has 1 rings (SSSR count). The number of carbonyl (C=O) groups is 1. The molecule has 3 N–H and O–H groups in total. The number of hydrogen-bond acceptors (Lipinski definition) is 4. The first kappa shape index (κ1) is 16.5. The molecule has 9 heteroatoms. The Morgan fingerprint density at radius 1 is 1.60 bits per heavy atom. The van der Waals surface area contributed by atoms with Gasteiger partial charge in [0.1, 0.15) is 0 Å². The number of imidazole rings is 1. The molecular weight excluding hydrogens is 399 g/mol. The number of aromatic amines is 1. The Bertz CT molecular complexity index is 338. The second kappa shape index (κ2) is 7.42. The van der Waals surface area contributed by atoms with Gasteiger partial charge in [-0.15, -0.1) is 5.11 Å². The topological polar surface area (TPSA) is 99.7 Å². The Kier molecular flexibility index (Phi) is 8.18. The minimum Gasteiger partial charge on any atom is -0.364 e. The molecule has 0 aromatic carbocycles. The average Bonchev–Trinajstić information content (AvgIpc) is 2.47. The molecule has 0 fully saturated rings. The molecule has 1 heterocycles. The summed E-state index contributed by atoms with van der Waals surface area (Å²) in [6.45, 7) is 0. The van der Waals surface area contributed by atoms with Crippen molar-refractivity contribution in [1.29, 1.82) is 0 Å². The van der Waals surface area contributed by atoms with Crippen molar-refractivity contribution < 1.29 is 25.9 Å². The van der Waals surface area contributed by atoms with E-state index in [0.717, 1.165) is 0 Å². The normalized spacial score (nSPS) is 9.20. The third-order valence-corrected chi connectivity index (χ3v) is 1.18. The van der Waals surface area contributed by atoms with E-state index in [2.05, 4.69) is 20.3 Å². The molecule has 0 unspecified atom stereocenters. The number of nitrogens with two attached hydrogens (primary N) is 1. The molecule has 0 radical (unpaired) electrons. The second-order valence-corrected chi connectivity index (χ2v) is 2.50. The van der Waals surface area contributed by atoms with Crippen LogP contribution in [0.2, 0.25) is 0 Å². The summed E-state index contributed by atoms with van der Waals surface area (Å²) in [5.41, 5.74) is 5.20. The van der Waals surface area contributed by atoms with Crippen LogP contribution in [0.5, 0.6) is 0 Å². The minimum absolute atomic E-state index is 0. The zero-order chi connectivity index (χ0) is 9.84. The van der Waals surface area contributed by atoms with E-state index in [1.807, 2.05) is 0 Å². The number of nitrogens with one attached hydrogen (secondary N) is 1. The maximum Gasteiger partial charge on any atom is 0.269 e. The van der Waals surface area contributed by atoms with E-state index in [1.165, 1.54) is 11.3 Å². The average molecular weight is 411 g/mol. The van der Waals surface area contributed by atoms with E-state index in [1.54, 1.807) is 14.1 Å². The molecule has 0 bridgehead atoms. The van der Waals surface area contributed by atoms with E-state index < -0.39 is 5.91 Å². The summed E-state index contributed by atoms with van der Waals surface area (Å²) in [4.78, 5) is 17.1. The maximum absolute atomic E-state index is 10.8. The van der Waals surface area contributed by atoms with Gasteiger partial charge < -0.3 is 10.7 Å². The van der Waals surface area contributed by atoms with Crippen molar-refractivity contribution in [3.63, 3.8) is 0 Å². The van der Waals surface area contributed by atoms with E-state index in [-0.39, 0.29) is 46.1 Å². The molecule has 0 atom stereocenters. The molecule has 0 aliphatic heterocycles. The van der Waals surface area contributed by atoms with Crippen LogP contribution < -0.4 is 5.73 Å². The third-order valence-electron chi connectivity index (χ3n) is 1.18. The Labute approximate surface area is 108 Å². The largest absolute Gasteiger partial charge is 0.364 e. The predicted molar refractivity (Wildman–Crippen MR) is 55.7 cm³/mol. The van der Waals surface area contributed by atoms with E-state index >= 15 is 0 Å². The van der Waals surface area contributed by atoms with Crippen LogP contribution in [0.15, 0.2) is 16.7 Å². The fourth-order valence-electron chi connectivity index (χ4n) is 0.676. The van der Waals surface area contributed by atoms with Gasteiger partial charge in [-0.1, -0.05) is 5.22 Å². The summed E-state index contributed by atoms with van der Waals surface area (Å²) in [7, 11) is 3.42. The van der Waals surface area contributed by atoms with E-state index in [9.17, 15) is 4.79 Å². The zero-order valence-electron chi connectivity index (χ0n) is 8.17. The molecule has 1 amide bonds. The molecule has 0 saturated heterocycles. The Hall–Kier alpha value is -0.882. The number of rotatable bonds is 3. The molecule has 7 nitrogen and oxygen atoms in total. The van der Waals surface area contributed by atoms with Crippen molar-refractivity contribution >= 4 is 25.2 Å². The molecule has 0 aliphatic rings. The van der Waals surface area contributed by atoms with Crippen molar-refractivity contribution in [3.05, 3.63) is 12.0 Å². The first-order chi connectivity index (χ1) is 6.11. The number of nitrogens with zero attached hydrogens (tertiary/aromatic N) is 4. The summed E-state index contributed by atoms with van der Waals surface area (Å²) in [6, 6.07) is 0. The fourth-order valence-corrected chi connectivity index (χ4v) is 0.676. The number of hydrogen-bond donors (Lipinski definition) is 2. The molecule has 1 aromatic heterocycles. The summed E-state index contributed by atoms with van der Waals surface area (Å²) in [5, 5.41) is 8.86. The maximum atomic E-state index is 10.8. The standard InChI is InChI=1S/C6H10N6O.Pt.H2S/c1-12(2)11-10-6-4(5(7)13)8-3-9-6;;/h3H,1-2H3,(H2,7,13)(H,8,9);;1H2. The summed E-state index contributed by atoms with van der Waals surface area (Å²) >= 11 is 0. The Morgan fingerprint density at radius 2 is 2.20 bits per heavy atom. The van der Waals surface area contributed by atoms with Gasteiger partial charge >= 0.3 is 0 Å². The van der Waals surface area contributed by atoms with Crippen LogP contribution in [0.3, 0.4) is 0 Å². The quantitative estimate of drug-likeness (QED) is 0.548. The van der Waals surface area contributed by atoms with Gasteiger partial charge in [0.25, 0.3) is 5.91 Å². The van der Waals surface area contributed by atoms with Crippen LogP contribution in [-0.4, -0.2) is 35.0 Å². The SMILES string of the molecule is CN(C)N=Nc1nc[nH]c1C(N)=O.S.[Pt]. The zero-order valence-corrected chi connectivity index (χ0v) is 11.4. The number of carbonyl (C=O) groups excluding carboxylic acids is 1. The summed E-state index contributed by atoms with van der Waals surface area (Å²) < 4.78 is 0. The van der Waals surface area contributed by atoms with Gasteiger partial charge in [-0.3, -0.25) is 9.80 Å². The first-order valence-corrected chi connectivity index (χ1v) is 3.53. The van der Waals surface area contributed by atoms with Gasteiger partial charge in [0.2, 0.25) is 5.82 Å². The van der Waals surface area contributed by atoms with Crippen molar-refractivity contribution in [2.45, 2.75) is 0 Å². The molecule has 88 valence electrons. The molecule has 0 spiro atoms. The monoisotopic (exact) mass is 411 g/mol. The number of primary amides is 1. The van der Waals surface area contributed by atoms with Gasteiger partial charge in [-0.2, -0.15) is 13.5 Å². The van der Waals surface area contributed by atoms with Crippen molar-refractivity contribution in [2.75, 3.05) is 14.1 Å². The summed E-state index contributed by atoms with van der Waals surface area (Å²) in [6.07, 6.45) is 1.34. The van der Waals surface area contributed by atoms with Gasteiger partial charge in [-0.25, -0.2) is 4.98 Å². The number of aromatic nitrogens is 2. The molecule has 0 saturated carbocycles. The fraction of sp³-hybridized carbons (Fsp3) is 0.333. The smallest absolute Gasteiger partial charge is 0.269 e. The Morgan fingerprint density at radius 3 is 2.67 bits per heavy atom. The predicted octanol–water partition coefficient (Wildman–Crippen LogP) is 0.179. The van der Waals surface area contributed by atoms with Crippen LogP contribution in [0, 0.1) is 0 Å². The second-order valence-electron chi connectivity index (χ2n) is 2.50. The van der Waals surface area contributed by atoms with Gasteiger partial charge in [0, 0.05) is 35.2 Å². The molecular formula is C6H12N6OPtS. The van der Waals surface area contributed by atoms with Crippen molar-refractivity contribution in [2.24, 2.45) is 16.1 Å². The third kappa shape index (κ3) is 4.94. The van der Waals surface area contributed by atoms with E-state index in [0.29, 0.717) is 0 Å². The van der Waals surface area contributed by atoms with E-state index in [4.69, 9.17) is 5.73 Å². The van der Waals surface area contributed by atoms with Gasteiger partial charge in [0.05, 0.1) is 6.33 Å². The van der Waals surface area contributed by atoms with Crippen LogP contribution >= 0.6 is 13.5 Å². The molecule has 1 aromatic rings. The number of H-pyrrole nitrogens is 1. The van der Waals surface area contributed by atoms with Gasteiger partial charge in [-0.05, 0) is 0 Å². The van der Waals surface area contributed by atoms with Crippen LogP contribution in [0.25, 0.3) is 0 Å². The van der Waals surface area contributed by atoms with Crippen LogP contribution in [0.4, 0.5) is 5.82 Å². The molecule has 0 aliphatic carbocycles. The minimum atomic E-state index is -0.606. The summed E-state index contributed by atoms with van der Waals surface area (Å²) in [5.74, 6) is -0.411. The van der Waals surface area contributed by atoms with Crippen molar-refractivity contribution in [1.82, 2.24) is 15.0 Å². The first-order valence-electron chi connectivity index (χ1n) is 3.53. The number of amides is 1. The molecule has 15 heavy (non-hydrogen) atoms. The van der Waals surface area contributed by atoms with Crippen LogP contribution in [0.1, 0.15) is 10.5 Å².